The topological polar surface area (TPSA) is 29.5 Å². The van der Waals surface area contributed by atoms with Crippen LogP contribution in [0.1, 0.15) is 18.1 Å². The van der Waals surface area contributed by atoms with Crippen LogP contribution in [0.5, 0.6) is 0 Å². The summed E-state index contributed by atoms with van der Waals surface area (Å²) in [7, 11) is 0.504. The second-order valence-corrected chi connectivity index (χ2v) is 3.46. The molecule has 0 saturated heterocycles. The molecule has 0 aromatic heterocycles. The van der Waals surface area contributed by atoms with Crippen LogP contribution in [0.15, 0.2) is 30.3 Å². The molecule has 2 nitrogen and oxygen atoms in total. The summed E-state index contributed by atoms with van der Waals surface area (Å²) >= 11 is 0. The Morgan fingerprint density at radius 2 is 2.08 bits per heavy atom. The van der Waals surface area contributed by atoms with E-state index in [0.29, 0.717) is 21.8 Å². The molecule has 0 aliphatic carbocycles. The Labute approximate surface area is 80.8 Å². The highest BCUT2D eigenvalue weighted by Crippen LogP contribution is 2.17. The second-order valence-electron chi connectivity index (χ2n) is 2.77. The summed E-state index contributed by atoms with van der Waals surface area (Å²) in [6.45, 7) is 2.61. The van der Waals surface area contributed by atoms with E-state index >= 15 is 0 Å². The second kappa shape index (κ2) is 6.09. The van der Waals surface area contributed by atoms with E-state index in [1.807, 2.05) is 37.0 Å². The van der Waals surface area contributed by atoms with E-state index in [1.54, 1.807) is 0 Å². The van der Waals surface area contributed by atoms with Gasteiger partial charge >= 0.3 is 0 Å². The lowest BCUT2D eigenvalue weighted by Gasteiger charge is -2.09. The van der Waals surface area contributed by atoms with Crippen molar-refractivity contribution in [3.8, 4) is 0 Å². The van der Waals surface area contributed by atoms with Crippen molar-refractivity contribution in [3.05, 3.63) is 35.9 Å². The van der Waals surface area contributed by atoms with Gasteiger partial charge in [0.05, 0.1) is 12.7 Å². The Kier molecular flexibility index (Phi) is 4.99. The highest BCUT2D eigenvalue weighted by atomic mass is 31.1. The lowest BCUT2D eigenvalue weighted by Crippen LogP contribution is -2.00. The van der Waals surface area contributed by atoms with E-state index in [0.717, 1.165) is 5.56 Å². The molecule has 0 saturated carbocycles. The third-order valence-corrected chi connectivity index (χ3v) is 2.31. The third kappa shape index (κ3) is 3.86. The smallest absolute Gasteiger partial charge is 0.0812 e. The fourth-order valence-electron chi connectivity index (χ4n) is 1.11. The van der Waals surface area contributed by atoms with Crippen LogP contribution in [-0.2, 0) is 4.52 Å². The average molecular weight is 198 g/mol. The molecule has 0 fully saturated rings. The Morgan fingerprint density at radius 3 is 2.69 bits per heavy atom. The highest BCUT2D eigenvalue weighted by molar-refractivity contribution is 7.31. The van der Waals surface area contributed by atoms with Crippen LogP contribution in [0.2, 0.25) is 0 Å². The molecule has 0 radical (unpaired) electrons. The maximum Gasteiger partial charge on any atom is 0.0812 e. The molecule has 2 atom stereocenters. The van der Waals surface area contributed by atoms with Gasteiger partial charge in [0.15, 0.2) is 0 Å². The van der Waals surface area contributed by atoms with Gasteiger partial charge in [-0.05, 0) is 12.2 Å². The molecule has 72 valence electrons. The number of aliphatic hydroxyl groups is 1. The largest absolute Gasteiger partial charge is 0.388 e. The Hall–Kier alpha value is -0.430. The van der Waals surface area contributed by atoms with Gasteiger partial charge in [-0.3, -0.25) is 0 Å². The lowest BCUT2D eigenvalue weighted by molar-refractivity contribution is 0.146. The first-order chi connectivity index (χ1) is 6.34. The molecule has 0 spiro atoms. The van der Waals surface area contributed by atoms with Gasteiger partial charge in [0, 0.05) is 15.2 Å². The van der Waals surface area contributed by atoms with Crippen LogP contribution < -0.4 is 0 Å². The fourth-order valence-corrected chi connectivity index (χ4v) is 1.44. The van der Waals surface area contributed by atoms with Crippen molar-refractivity contribution >= 4 is 8.81 Å². The van der Waals surface area contributed by atoms with Crippen LogP contribution in [0.4, 0.5) is 0 Å². The summed E-state index contributed by atoms with van der Waals surface area (Å²) < 4.78 is 5.19. The molecule has 1 unspecified atom stereocenters. The van der Waals surface area contributed by atoms with Gasteiger partial charge < -0.3 is 9.63 Å². The van der Waals surface area contributed by atoms with Gasteiger partial charge in [0.1, 0.15) is 0 Å². The summed E-state index contributed by atoms with van der Waals surface area (Å²) in [5, 5.41) is 9.67. The zero-order chi connectivity index (χ0) is 9.52. The van der Waals surface area contributed by atoms with E-state index in [-0.39, 0.29) is 0 Å². The van der Waals surface area contributed by atoms with Crippen LogP contribution in [0.25, 0.3) is 0 Å². The van der Waals surface area contributed by atoms with E-state index in [1.165, 1.54) is 0 Å². The van der Waals surface area contributed by atoms with E-state index in [9.17, 15) is 5.11 Å². The first-order valence-electron chi connectivity index (χ1n) is 4.36. The molecular formula is C10H15O2P. The van der Waals surface area contributed by atoms with Crippen LogP contribution in [-0.4, -0.2) is 18.4 Å². The monoisotopic (exact) mass is 198 g/mol. The minimum atomic E-state index is -0.391. The normalized spacial score (nSPS) is 13.7. The van der Waals surface area contributed by atoms with Crippen LogP contribution in [0.3, 0.4) is 0 Å². The number of hydrogen-bond donors (Lipinski definition) is 1. The van der Waals surface area contributed by atoms with E-state index in [4.69, 9.17) is 4.52 Å². The molecule has 1 rings (SSSR count). The van der Waals surface area contributed by atoms with Gasteiger partial charge in [-0.2, -0.15) is 0 Å². The molecule has 0 aliphatic heterocycles. The van der Waals surface area contributed by atoms with Gasteiger partial charge in [0.2, 0.25) is 0 Å². The first-order valence-corrected chi connectivity index (χ1v) is 5.77. The predicted octanol–water partition coefficient (Wildman–Crippen LogP) is 2.35. The molecule has 0 amide bonds. The van der Waals surface area contributed by atoms with Gasteiger partial charge in [-0.25, -0.2) is 0 Å². The van der Waals surface area contributed by atoms with Crippen molar-refractivity contribution in [2.24, 2.45) is 0 Å². The van der Waals surface area contributed by atoms with Crippen molar-refractivity contribution in [1.82, 2.24) is 0 Å². The number of aliphatic hydroxyl groups excluding tert-OH is 1. The summed E-state index contributed by atoms with van der Waals surface area (Å²) in [4.78, 5) is 0. The molecule has 1 N–H and O–H groups in total. The standard InChI is InChI=1S/C10H15O2P/c1-13-12-8-7-10(11)9-5-3-2-4-6-9/h2-6,10-11,13H,7-8H2,1H3/t10-/m0/s1. The molecule has 13 heavy (non-hydrogen) atoms. The zero-order valence-electron chi connectivity index (χ0n) is 7.73. The Balaban J connectivity index is 2.35. The molecule has 1 aromatic rings. The number of benzene rings is 1. The zero-order valence-corrected chi connectivity index (χ0v) is 8.73. The van der Waals surface area contributed by atoms with Crippen molar-refractivity contribution in [3.63, 3.8) is 0 Å². The lowest BCUT2D eigenvalue weighted by atomic mass is 10.1. The molecular weight excluding hydrogens is 183 g/mol. The summed E-state index contributed by atoms with van der Waals surface area (Å²) in [6, 6.07) is 9.67. The molecule has 0 bridgehead atoms. The molecule has 0 heterocycles. The first kappa shape index (κ1) is 10.6. The van der Waals surface area contributed by atoms with Gasteiger partial charge in [-0.1, -0.05) is 30.3 Å². The van der Waals surface area contributed by atoms with Crippen molar-refractivity contribution < 1.29 is 9.63 Å². The minimum Gasteiger partial charge on any atom is -0.388 e. The number of rotatable bonds is 5. The molecule has 3 heteroatoms. The molecule has 1 aromatic carbocycles. The quantitative estimate of drug-likeness (QED) is 0.581. The summed E-state index contributed by atoms with van der Waals surface area (Å²) in [5.41, 5.74) is 0.963. The van der Waals surface area contributed by atoms with Gasteiger partial charge in [0.25, 0.3) is 0 Å². The SMILES string of the molecule is CPOCC[C@H](O)c1ccccc1. The Bertz CT molecular complexity index is 226. The van der Waals surface area contributed by atoms with Crippen molar-refractivity contribution in [2.75, 3.05) is 13.3 Å². The molecule has 0 aliphatic rings. The van der Waals surface area contributed by atoms with Gasteiger partial charge in [-0.15, -0.1) is 0 Å². The average Bonchev–Trinajstić information content (AvgIpc) is 2.19. The summed E-state index contributed by atoms with van der Waals surface area (Å²) in [5.74, 6) is 0. The Morgan fingerprint density at radius 1 is 1.38 bits per heavy atom. The number of hydrogen-bond acceptors (Lipinski definition) is 2. The van der Waals surface area contributed by atoms with E-state index in [2.05, 4.69) is 0 Å². The maximum absolute atomic E-state index is 9.67. The minimum absolute atomic E-state index is 0.391. The highest BCUT2D eigenvalue weighted by Gasteiger charge is 2.05. The van der Waals surface area contributed by atoms with E-state index < -0.39 is 6.10 Å². The fraction of sp³-hybridized carbons (Fsp3) is 0.400. The van der Waals surface area contributed by atoms with Crippen molar-refractivity contribution in [2.45, 2.75) is 12.5 Å². The van der Waals surface area contributed by atoms with Crippen molar-refractivity contribution in [1.29, 1.82) is 0 Å². The maximum atomic E-state index is 9.67. The third-order valence-electron chi connectivity index (χ3n) is 1.82. The summed E-state index contributed by atoms with van der Waals surface area (Å²) in [6.07, 6.45) is 0.280. The van der Waals surface area contributed by atoms with Crippen LogP contribution >= 0.6 is 8.81 Å². The predicted molar refractivity (Wildman–Crippen MR) is 56.2 cm³/mol. The van der Waals surface area contributed by atoms with Crippen LogP contribution in [0, 0.1) is 0 Å².